The van der Waals surface area contributed by atoms with Crippen LogP contribution in [0.2, 0.25) is 0 Å². The Bertz CT molecular complexity index is 2050. The Kier molecular flexibility index (Phi) is 8.53. The normalized spacial score (nSPS) is 16.2. The fraction of sp³-hybridized carbons (Fsp3) is 0.111. The van der Waals surface area contributed by atoms with Crippen LogP contribution in [0.3, 0.4) is 0 Å². The average Bonchev–Trinajstić information content (AvgIpc) is 3.70. The van der Waals surface area contributed by atoms with Crippen molar-refractivity contribution in [2.75, 3.05) is 0 Å². The van der Waals surface area contributed by atoms with Gasteiger partial charge in [0, 0.05) is 16.7 Å². The third kappa shape index (κ3) is 5.44. The van der Waals surface area contributed by atoms with E-state index in [9.17, 15) is 68.5 Å². The second kappa shape index (κ2) is 11.7. The van der Waals surface area contributed by atoms with Crippen LogP contribution in [0.15, 0.2) is 16.7 Å². The van der Waals surface area contributed by atoms with E-state index in [-0.39, 0.29) is 0 Å². The molecule has 0 atom stereocenters. The van der Waals surface area contributed by atoms with Crippen molar-refractivity contribution in [1.29, 1.82) is 15.8 Å². The maximum atomic E-state index is 15.1. The van der Waals surface area contributed by atoms with Crippen LogP contribution in [-0.4, -0.2) is 15.0 Å². The van der Waals surface area contributed by atoms with Crippen LogP contribution >= 0.6 is 0 Å². The summed E-state index contributed by atoms with van der Waals surface area (Å²) >= 11 is 0. The molecule has 1 aliphatic rings. The molecule has 0 saturated heterocycles. The number of nitrogens with zero attached hydrogens (tertiary/aromatic N) is 6. The molecule has 4 rings (SSSR count). The molecule has 0 aromatic carbocycles. The van der Waals surface area contributed by atoms with Crippen LogP contribution in [0.25, 0.3) is 16.7 Å². The summed E-state index contributed by atoms with van der Waals surface area (Å²) in [6, 6.07) is 2.68. The van der Waals surface area contributed by atoms with E-state index < -0.39 is 132 Å². The summed E-state index contributed by atoms with van der Waals surface area (Å²) in [5.74, 6) is -23.0. The van der Waals surface area contributed by atoms with Gasteiger partial charge in [0.15, 0.2) is 46.3 Å². The van der Waals surface area contributed by atoms with Crippen LogP contribution in [0, 0.1) is 93.7 Å². The van der Waals surface area contributed by atoms with Crippen molar-refractivity contribution in [1.82, 2.24) is 15.0 Å². The van der Waals surface area contributed by atoms with E-state index in [0.717, 1.165) is 18.2 Å². The number of aromatic nitrogens is 3. The highest BCUT2D eigenvalue weighted by atomic mass is 19.4. The Morgan fingerprint density at radius 2 is 0.729 bits per heavy atom. The summed E-state index contributed by atoms with van der Waals surface area (Å²) in [6.45, 7) is 0.676. The van der Waals surface area contributed by atoms with Crippen LogP contribution in [0.1, 0.15) is 33.8 Å². The molecule has 21 heteroatoms. The maximum Gasteiger partial charge on any atom is 0.436 e. The van der Waals surface area contributed by atoms with Crippen molar-refractivity contribution >= 4 is 16.7 Å². The van der Waals surface area contributed by atoms with E-state index in [1.54, 1.807) is 0 Å². The Labute approximate surface area is 254 Å². The molecule has 3 aromatic heterocycles. The molecule has 246 valence electrons. The SMILES string of the molecule is Cc1nc(F)c(F)c(/C(C#N)=C2/C(=C(C#N)c3c(F)c(F)nc(C(F)(F)F)c3F)/C2=C(/C#N)c2c(F)c(F)nc(C(F)(F)F)c2F)c1F. The summed E-state index contributed by atoms with van der Waals surface area (Å²) in [5, 5.41) is 29.3. The van der Waals surface area contributed by atoms with E-state index in [1.807, 2.05) is 9.97 Å². The lowest BCUT2D eigenvalue weighted by atomic mass is 10.0. The number of halogens is 15. The first kappa shape index (κ1) is 35.0. The molecule has 6 nitrogen and oxygen atoms in total. The van der Waals surface area contributed by atoms with Crippen molar-refractivity contribution in [3.63, 3.8) is 0 Å². The molecule has 0 unspecified atom stereocenters. The number of hydrogen-bond donors (Lipinski definition) is 0. The first-order valence-corrected chi connectivity index (χ1v) is 11.8. The van der Waals surface area contributed by atoms with Crippen LogP contribution < -0.4 is 0 Å². The molecule has 0 N–H and O–H groups in total. The summed E-state index contributed by atoms with van der Waals surface area (Å²) in [6.07, 6.45) is -11.9. The van der Waals surface area contributed by atoms with Crippen molar-refractivity contribution < 1.29 is 65.9 Å². The van der Waals surface area contributed by atoms with Gasteiger partial charge in [-0.25, -0.2) is 41.3 Å². The topological polar surface area (TPSA) is 110 Å². The number of aryl methyl sites for hydroxylation is 1. The number of rotatable bonds is 3. The summed E-state index contributed by atoms with van der Waals surface area (Å²) in [4.78, 5) is 6.89. The third-order valence-corrected chi connectivity index (χ3v) is 6.34. The van der Waals surface area contributed by atoms with Crippen molar-refractivity contribution in [2.45, 2.75) is 19.3 Å². The van der Waals surface area contributed by atoms with Gasteiger partial charge in [-0.15, -0.1) is 0 Å². The largest absolute Gasteiger partial charge is 0.436 e. The van der Waals surface area contributed by atoms with Crippen LogP contribution in [0.5, 0.6) is 0 Å². The minimum absolute atomic E-state index is 0.676. The van der Waals surface area contributed by atoms with E-state index in [1.165, 1.54) is 0 Å². The Morgan fingerprint density at radius 3 is 1.00 bits per heavy atom. The lowest BCUT2D eigenvalue weighted by molar-refractivity contribution is -0.145. The van der Waals surface area contributed by atoms with Crippen molar-refractivity contribution in [2.24, 2.45) is 0 Å². The average molecular weight is 696 g/mol. The smallest absolute Gasteiger partial charge is 0.219 e. The second-order valence-electron chi connectivity index (χ2n) is 9.08. The number of alkyl halides is 6. The quantitative estimate of drug-likeness (QED) is 0.158. The fourth-order valence-electron chi connectivity index (χ4n) is 4.34. The third-order valence-electron chi connectivity index (χ3n) is 6.34. The lowest BCUT2D eigenvalue weighted by Crippen LogP contribution is -2.16. The van der Waals surface area contributed by atoms with Gasteiger partial charge in [-0.3, -0.25) is 0 Å². The van der Waals surface area contributed by atoms with Crippen LogP contribution in [-0.2, 0) is 12.4 Å². The predicted molar refractivity (Wildman–Crippen MR) is 125 cm³/mol. The van der Waals surface area contributed by atoms with Crippen LogP contribution in [0.4, 0.5) is 65.9 Å². The molecule has 3 heterocycles. The lowest BCUT2D eigenvalue weighted by Gasteiger charge is -2.11. The molecule has 0 spiro atoms. The van der Waals surface area contributed by atoms with Gasteiger partial charge >= 0.3 is 12.4 Å². The Hall–Kier alpha value is -5.91. The van der Waals surface area contributed by atoms with Gasteiger partial charge in [0.25, 0.3) is 0 Å². The zero-order valence-corrected chi connectivity index (χ0v) is 22.4. The molecule has 0 radical (unpaired) electrons. The van der Waals surface area contributed by atoms with Crippen molar-refractivity contribution in [3.8, 4) is 18.2 Å². The summed E-state index contributed by atoms with van der Waals surface area (Å²) in [7, 11) is 0. The highest BCUT2D eigenvalue weighted by molar-refractivity contribution is 6.12. The van der Waals surface area contributed by atoms with Gasteiger partial charge in [-0.2, -0.15) is 55.3 Å². The molecule has 1 aliphatic carbocycles. The monoisotopic (exact) mass is 696 g/mol. The van der Waals surface area contributed by atoms with Gasteiger partial charge in [-0.05, 0) is 6.92 Å². The zero-order chi connectivity index (χ0) is 36.4. The molecule has 3 aromatic rings. The van der Waals surface area contributed by atoms with E-state index >= 15 is 13.2 Å². The van der Waals surface area contributed by atoms with E-state index in [4.69, 9.17) is 0 Å². The predicted octanol–water partition coefficient (Wildman–Crippen LogP) is 7.72. The number of allylic oxidation sites excluding steroid dienone is 6. The van der Waals surface area contributed by atoms with E-state index in [2.05, 4.69) is 4.98 Å². The minimum atomic E-state index is -5.93. The molecule has 0 amide bonds. The summed E-state index contributed by atoms with van der Waals surface area (Å²) in [5.41, 5.74) is -23.2. The molecule has 1 fully saturated rings. The summed E-state index contributed by atoms with van der Waals surface area (Å²) < 4.78 is 213. The number of hydrogen-bond acceptors (Lipinski definition) is 6. The van der Waals surface area contributed by atoms with E-state index in [0.29, 0.717) is 6.92 Å². The van der Waals surface area contributed by atoms with Gasteiger partial charge in [-0.1, -0.05) is 0 Å². The molecular formula is C27H3F15N6. The molecule has 48 heavy (non-hydrogen) atoms. The second-order valence-corrected chi connectivity index (χ2v) is 9.08. The first-order chi connectivity index (χ1) is 22.1. The number of pyridine rings is 3. The fourth-order valence-corrected chi connectivity index (χ4v) is 4.34. The van der Waals surface area contributed by atoms with Gasteiger partial charge in [0.05, 0.1) is 39.1 Å². The minimum Gasteiger partial charge on any atom is -0.219 e. The Balaban J connectivity index is 2.36. The molecule has 0 aliphatic heterocycles. The van der Waals surface area contributed by atoms with Gasteiger partial charge < -0.3 is 0 Å². The maximum absolute atomic E-state index is 15.1. The van der Waals surface area contributed by atoms with Gasteiger partial charge in [0.2, 0.25) is 17.8 Å². The number of nitriles is 3. The highest BCUT2D eigenvalue weighted by Crippen LogP contribution is 2.57. The van der Waals surface area contributed by atoms with Crippen molar-refractivity contribution in [3.05, 3.63) is 103 Å². The zero-order valence-electron chi connectivity index (χ0n) is 22.4. The molecule has 1 saturated carbocycles. The first-order valence-electron chi connectivity index (χ1n) is 11.8. The highest BCUT2D eigenvalue weighted by Gasteiger charge is 2.48. The Morgan fingerprint density at radius 1 is 0.458 bits per heavy atom. The van der Waals surface area contributed by atoms with Gasteiger partial charge in [0.1, 0.15) is 18.2 Å². The standard InChI is InChI=1S/C27H3F15N6/c1-5-15(28)12(18(31)23(34)46-5)6(2-43)9-10(7(3-44)13-16(29)21(26(37,38)39)47-24(35)19(13)32)11(9)8(4-45)14-17(30)22(27(40,41)42)48-25(36)20(14)33/h1H3/b9-6-,10-7?,11-8-. The molecule has 0 bridgehead atoms. The molecular weight excluding hydrogens is 693 g/mol.